The first-order valence-electron chi connectivity index (χ1n) is 25.0. The van der Waals surface area contributed by atoms with Crippen molar-refractivity contribution in [2.75, 3.05) is 60.8 Å². The molecule has 0 aliphatic carbocycles. The third kappa shape index (κ3) is 26.9. The highest BCUT2D eigenvalue weighted by Crippen LogP contribution is 2.22. The number of hydrogen-bond donors (Lipinski definition) is 7. The summed E-state index contributed by atoms with van der Waals surface area (Å²) < 4.78 is 24.8. The smallest absolute Gasteiger partial charge is 0.407 e. The van der Waals surface area contributed by atoms with Gasteiger partial charge in [0.15, 0.2) is 0 Å². The molecule has 79 heavy (non-hydrogen) atoms. The minimum atomic E-state index is -0.968. The van der Waals surface area contributed by atoms with Gasteiger partial charge in [-0.1, -0.05) is 36.4 Å². The average molecular weight is 1110 g/mol. The van der Waals surface area contributed by atoms with Crippen LogP contribution in [0.3, 0.4) is 0 Å². The number of aromatic carboxylic acids is 1. The Morgan fingerprint density at radius 1 is 0.481 bits per heavy atom. The highest BCUT2D eigenvalue weighted by molar-refractivity contribution is 5.95. The summed E-state index contributed by atoms with van der Waals surface area (Å²) in [6.07, 6.45) is 4.13. The summed E-state index contributed by atoms with van der Waals surface area (Å²) in [4.78, 5) is 71.2. The summed E-state index contributed by atoms with van der Waals surface area (Å²) in [6, 6.07) is 32.2. The normalized spacial score (nSPS) is 10.5. The van der Waals surface area contributed by atoms with Crippen molar-refractivity contribution in [1.82, 2.24) is 36.2 Å². The molecular weight excluding hydrogens is 1030 g/mol. The summed E-state index contributed by atoms with van der Waals surface area (Å²) in [7, 11) is 4.82. The fourth-order valence-corrected chi connectivity index (χ4v) is 6.44. The van der Waals surface area contributed by atoms with Gasteiger partial charge in [-0.2, -0.15) is 0 Å². The first kappa shape index (κ1) is 67.3. The number of carbonyl (C=O) groups excluding carboxylic acids is 4. The maximum atomic E-state index is 12.0. The quantitative estimate of drug-likeness (QED) is 0.0376. The number of rotatable bonds is 19. The second-order valence-corrected chi connectivity index (χ2v) is 18.9. The number of methoxy groups -OCH3 is 3. The lowest BCUT2D eigenvalue weighted by Gasteiger charge is -2.19. The van der Waals surface area contributed by atoms with Crippen LogP contribution in [0.5, 0.6) is 0 Å². The first-order valence-corrected chi connectivity index (χ1v) is 25.0. The van der Waals surface area contributed by atoms with E-state index in [1.807, 2.05) is 75.4 Å². The van der Waals surface area contributed by atoms with Gasteiger partial charge in [0.05, 0.1) is 42.5 Å². The Hall–Kier alpha value is -7.85. The predicted octanol–water partition coefficient (Wildman–Crippen LogP) is 8.22. The Labute approximate surface area is 469 Å². The van der Waals surface area contributed by atoms with Crippen molar-refractivity contribution in [3.05, 3.63) is 161 Å². The molecule has 0 bridgehead atoms. The largest absolute Gasteiger partial charge is 0.478 e. The van der Waals surface area contributed by atoms with Gasteiger partial charge in [-0.25, -0.2) is 14.4 Å². The van der Waals surface area contributed by atoms with E-state index in [2.05, 4.69) is 41.0 Å². The van der Waals surface area contributed by atoms with E-state index in [0.29, 0.717) is 75.9 Å². The van der Waals surface area contributed by atoms with Crippen LogP contribution in [0.1, 0.15) is 89.3 Å². The van der Waals surface area contributed by atoms with Crippen LogP contribution in [0.4, 0.5) is 9.59 Å². The molecule has 0 atom stereocenters. The van der Waals surface area contributed by atoms with Crippen LogP contribution < -0.4 is 32.7 Å². The zero-order valence-electron chi connectivity index (χ0n) is 46.4. The number of amides is 4. The number of benzene rings is 3. The van der Waals surface area contributed by atoms with Crippen LogP contribution in [0, 0.1) is 0 Å². The van der Waals surface area contributed by atoms with Crippen molar-refractivity contribution >= 4 is 42.4 Å². The molecule has 20 nitrogen and oxygen atoms in total. The van der Waals surface area contributed by atoms with E-state index in [9.17, 15) is 24.0 Å². The van der Waals surface area contributed by atoms with Gasteiger partial charge in [0, 0.05) is 107 Å². The van der Waals surface area contributed by atoms with Crippen molar-refractivity contribution < 1.29 is 52.8 Å². The number of alkyl carbamates (subject to hydrolysis) is 2. The van der Waals surface area contributed by atoms with Gasteiger partial charge < -0.3 is 61.5 Å². The standard InChI is InChI=1S/C21H27N3O4.C18H20N2O4.C16H19N3O2.C3H9NO.ClH/c1-21(2,3)28-20(26)24-14-15-9-10-22-18(13-15)16-5-7-17(8-6-16)19(25)23-11-12-27-4;1-18(2,3)24-17(23)20-11-12-8-9-19-15(10-12)13-4-6-14(7-5-13)16(21)22;1-21-9-8-19-16(20)14-4-2-13(3-5-14)15-10-12(11-17)6-7-18-15;1-5-3-2-4;/h5-10,13H,11-12,14H2,1-4H3,(H,23,25)(H,24,26);4-10H,11H2,1-3H3,(H,20,23)(H,21,22);2-7,10H,8-9,11,17H2,1H3,(H,19,20);2-4H2,1H3;1H. The van der Waals surface area contributed by atoms with Gasteiger partial charge in [0.1, 0.15) is 11.2 Å². The third-order valence-electron chi connectivity index (χ3n) is 10.2. The van der Waals surface area contributed by atoms with Crippen molar-refractivity contribution in [1.29, 1.82) is 0 Å². The van der Waals surface area contributed by atoms with Crippen molar-refractivity contribution in [3.63, 3.8) is 0 Å². The minimum Gasteiger partial charge on any atom is -0.478 e. The molecule has 6 aromatic rings. The number of ether oxygens (including phenoxy) is 5. The molecule has 0 aliphatic rings. The molecule has 0 aliphatic heterocycles. The highest BCUT2D eigenvalue weighted by atomic mass is 35.5. The molecule has 0 saturated carbocycles. The average Bonchev–Trinajstić information content (AvgIpc) is 3.42. The second kappa shape index (κ2) is 35.5. The van der Waals surface area contributed by atoms with E-state index >= 15 is 0 Å². The minimum absolute atomic E-state index is 0. The maximum absolute atomic E-state index is 12.0. The monoisotopic (exact) mass is 1110 g/mol. The number of nitrogens with two attached hydrogens (primary N) is 2. The molecule has 426 valence electrons. The molecule has 9 N–H and O–H groups in total. The van der Waals surface area contributed by atoms with E-state index in [1.54, 1.807) is 103 Å². The van der Waals surface area contributed by atoms with Crippen LogP contribution in [-0.2, 0) is 43.3 Å². The Bertz CT molecular complexity index is 2790. The van der Waals surface area contributed by atoms with Crippen LogP contribution in [0.15, 0.2) is 128 Å². The molecule has 3 heterocycles. The summed E-state index contributed by atoms with van der Waals surface area (Å²) in [6.45, 7) is 15.2. The van der Waals surface area contributed by atoms with Crippen molar-refractivity contribution in [3.8, 4) is 33.8 Å². The molecule has 21 heteroatoms. The molecule has 4 amide bonds. The zero-order valence-corrected chi connectivity index (χ0v) is 47.2. The number of nitrogens with one attached hydrogen (secondary N) is 4. The third-order valence-corrected chi connectivity index (χ3v) is 10.2. The number of hydrogen-bond acceptors (Lipinski definition) is 15. The van der Waals surface area contributed by atoms with Crippen LogP contribution in [0.25, 0.3) is 33.8 Å². The van der Waals surface area contributed by atoms with Crippen LogP contribution >= 0.6 is 12.4 Å². The van der Waals surface area contributed by atoms with Crippen LogP contribution in [0.2, 0.25) is 0 Å². The van der Waals surface area contributed by atoms with E-state index in [4.69, 9.17) is 35.5 Å². The van der Waals surface area contributed by atoms with Gasteiger partial charge >= 0.3 is 18.2 Å². The fourth-order valence-electron chi connectivity index (χ4n) is 6.44. The first-order chi connectivity index (χ1) is 37.2. The molecule has 0 spiro atoms. The number of aromatic nitrogens is 3. The van der Waals surface area contributed by atoms with E-state index < -0.39 is 29.4 Å². The van der Waals surface area contributed by atoms with Gasteiger partial charge in [0.2, 0.25) is 0 Å². The summed E-state index contributed by atoms with van der Waals surface area (Å²) >= 11 is 0. The topological polar surface area (TPSA) is 291 Å². The van der Waals surface area contributed by atoms with E-state index in [0.717, 1.165) is 44.8 Å². The molecule has 3 aromatic heterocycles. The zero-order chi connectivity index (χ0) is 57.5. The number of pyridine rings is 3. The molecule has 0 unspecified atom stereocenters. The number of halogens is 1. The van der Waals surface area contributed by atoms with Crippen molar-refractivity contribution in [2.45, 2.75) is 72.4 Å². The molecule has 6 rings (SSSR count). The molecular formula is C58H76ClN9O11. The second-order valence-electron chi connectivity index (χ2n) is 18.9. The number of carbonyl (C=O) groups is 5. The molecule has 0 saturated heterocycles. The van der Waals surface area contributed by atoms with Gasteiger partial charge in [0.25, 0.3) is 11.8 Å². The SMILES string of the molecule is CC(C)(C)OC(=O)NCc1ccnc(-c2ccc(C(=O)O)cc2)c1.COCCN.COCCNC(=O)c1ccc(-c2cc(CN)ccn2)cc1.COCCNC(=O)c1ccc(-c2cc(CNC(=O)OC(C)(C)C)ccn2)cc1.Cl. The molecule has 0 radical (unpaired) electrons. The van der Waals surface area contributed by atoms with E-state index in [-0.39, 0.29) is 29.8 Å². The Balaban J connectivity index is 0.000000388. The summed E-state index contributed by atoms with van der Waals surface area (Å²) in [5.74, 6) is -1.22. The highest BCUT2D eigenvalue weighted by Gasteiger charge is 2.17. The predicted molar refractivity (Wildman–Crippen MR) is 307 cm³/mol. The van der Waals surface area contributed by atoms with E-state index in [1.165, 1.54) is 12.1 Å². The number of carboxylic acids is 1. The van der Waals surface area contributed by atoms with Crippen molar-refractivity contribution in [2.24, 2.45) is 11.5 Å². The number of carboxylic acid groups (broad SMARTS) is 1. The van der Waals surface area contributed by atoms with Gasteiger partial charge in [-0.05, 0) is 131 Å². The summed E-state index contributed by atoms with van der Waals surface area (Å²) in [5, 5.41) is 19.9. The Morgan fingerprint density at radius 3 is 1.10 bits per heavy atom. The maximum Gasteiger partial charge on any atom is 0.407 e. The molecule has 0 fully saturated rings. The lowest BCUT2D eigenvalue weighted by molar-refractivity contribution is 0.0512. The fraction of sp³-hybridized carbons (Fsp3) is 0.345. The van der Waals surface area contributed by atoms with Gasteiger partial charge in [-0.15, -0.1) is 12.4 Å². The number of nitrogens with zero attached hydrogens (tertiary/aromatic N) is 3. The summed E-state index contributed by atoms with van der Waals surface area (Å²) in [5.41, 5.74) is 18.7. The Morgan fingerprint density at radius 2 is 0.810 bits per heavy atom. The Kier molecular flexibility index (Phi) is 30.3. The lowest BCUT2D eigenvalue weighted by atomic mass is 10.1. The molecule has 3 aromatic carbocycles. The van der Waals surface area contributed by atoms with Crippen LogP contribution in [-0.4, -0.2) is 122 Å². The van der Waals surface area contributed by atoms with Gasteiger partial charge in [-0.3, -0.25) is 24.5 Å². The lowest BCUT2D eigenvalue weighted by Crippen LogP contribution is -2.32.